The molecule has 1 heterocycles. The summed E-state index contributed by atoms with van der Waals surface area (Å²) in [4.78, 5) is 14.3. The first-order chi connectivity index (χ1) is 9.70. The highest BCUT2D eigenvalue weighted by atomic mass is 35.5. The number of carbonyl (C=O) groups is 1. The Labute approximate surface area is 138 Å². The SMILES string of the molecule is CCNCC1CCN(C(=O)Cc2ccccc2Cl)CC1.Cl. The number of piperidine rings is 1. The molecule has 21 heavy (non-hydrogen) atoms. The van der Waals surface area contributed by atoms with Crippen LogP contribution >= 0.6 is 24.0 Å². The van der Waals surface area contributed by atoms with Gasteiger partial charge < -0.3 is 10.2 Å². The van der Waals surface area contributed by atoms with Gasteiger partial charge in [-0.2, -0.15) is 0 Å². The maximum Gasteiger partial charge on any atom is 0.227 e. The van der Waals surface area contributed by atoms with Gasteiger partial charge >= 0.3 is 0 Å². The molecule has 0 radical (unpaired) electrons. The molecule has 0 aromatic heterocycles. The number of rotatable bonds is 5. The van der Waals surface area contributed by atoms with Crippen LogP contribution in [0.15, 0.2) is 24.3 Å². The second-order valence-electron chi connectivity index (χ2n) is 5.40. The molecular formula is C16H24Cl2N2O. The minimum Gasteiger partial charge on any atom is -0.342 e. The molecule has 1 saturated heterocycles. The molecule has 1 N–H and O–H groups in total. The molecular weight excluding hydrogens is 307 g/mol. The fourth-order valence-electron chi connectivity index (χ4n) is 2.65. The molecule has 0 atom stereocenters. The van der Waals surface area contributed by atoms with Crippen molar-refractivity contribution in [2.75, 3.05) is 26.2 Å². The van der Waals surface area contributed by atoms with Gasteiger partial charge in [-0.1, -0.05) is 36.7 Å². The summed E-state index contributed by atoms with van der Waals surface area (Å²) in [6, 6.07) is 7.59. The van der Waals surface area contributed by atoms with E-state index in [-0.39, 0.29) is 18.3 Å². The Kier molecular flexibility index (Phi) is 8.09. The van der Waals surface area contributed by atoms with Crippen LogP contribution in [0.1, 0.15) is 25.3 Å². The van der Waals surface area contributed by atoms with Crippen LogP contribution < -0.4 is 5.32 Å². The van der Waals surface area contributed by atoms with E-state index in [9.17, 15) is 4.79 Å². The van der Waals surface area contributed by atoms with E-state index in [2.05, 4.69) is 12.2 Å². The summed E-state index contributed by atoms with van der Waals surface area (Å²) in [5.41, 5.74) is 0.925. The van der Waals surface area contributed by atoms with Gasteiger partial charge in [0.2, 0.25) is 5.91 Å². The lowest BCUT2D eigenvalue weighted by Crippen LogP contribution is -2.41. The number of hydrogen-bond acceptors (Lipinski definition) is 2. The van der Waals surface area contributed by atoms with Crippen molar-refractivity contribution >= 4 is 29.9 Å². The van der Waals surface area contributed by atoms with Crippen molar-refractivity contribution in [1.82, 2.24) is 10.2 Å². The number of benzene rings is 1. The number of carbonyl (C=O) groups excluding carboxylic acids is 1. The zero-order valence-electron chi connectivity index (χ0n) is 12.5. The fraction of sp³-hybridized carbons (Fsp3) is 0.562. The van der Waals surface area contributed by atoms with Crippen LogP contribution in [0.2, 0.25) is 5.02 Å². The molecule has 0 aliphatic carbocycles. The van der Waals surface area contributed by atoms with Gasteiger partial charge in [0.05, 0.1) is 6.42 Å². The average Bonchev–Trinajstić information content (AvgIpc) is 2.48. The van der Waals surface area contributed by atoms with Gasteiger partial charge in [-0.25, -0.2) is 0 Å². The Morgan fingerprint density at radius 2 is 2.00 bits per heavy atom. The van der Waals surface area contributed by atoms with Crippen LogP contribution in [0.3, 0.4) is 0 Å². The molecule has 2 rings (SSSR count). The van der Waals surface area contributed by atoms with E-state index >= 15 is 0 Å². The fourth-order valence-corrected chi connectivity index (χ4v) is 2.85. The van der Waals surface area contributed by atoms with Gasteiger partial charge in [0.1, 0.15) is 0 Å². The molecule has 1 aromatic rings. The molecule has 0 saturated carbocycles. The second-order valence-corrected chi connectivity index (χ2v) is 5.81. The van der Waals surface area contributed by atoms with Crippen LogP contribution in [0.4, 0.5) is 0 Å². The summed E-state index contributed by atoms with van der Waals surface area (Å²) in [5.74, 6) is 0.902. The summed E-state index contributed by atoms with van der Waals surface area (Å²) in [7, 11) is 0. The molecule has 1 aliphatic rings. The number of halogens is 2. The maximum absolute atomic E-state index is 12.3. The van der Waals surface area contributed by atoms with Crippen LogP contribution in [0.25, 0.3) is 0 Å². The highest BCUT2D eigenvalue weighted by Gasteiger charge is 2.22. The first-order valence-electron chi connectivity index (χ1n) is 7.42. The molecule has 1 amide bonds. The Bertz CT molecular complexity index is 446. The molecule has 0 bridgehead atoms. The van der Waals surface area contributed by atoms with Gasteiger partial charge in [-0.05, 0) is 43.5 Å². The third-order valence-electron chi connectivity index (χ3n) is 3.95. The number of nitrogens with zero attached hydrogens (tertiary/aromatic N) is 1. The number of amides is 1. The molecule has 1 fully saturated rings. The summed E-state index contributed by atoms with van der Waals surface area (Å²) < 4.78 is 0. The molecule has 5 heteroatoms. The second kappa shape index (κ2) is 9.29. The standard InChI is InChI=1S/C16H23ClN2O.ClH/c1-2-18-12-13-7-9-19(10-8-13)16(20)11-14-5-3-4-6-15(14)17;/h3-6,13,18H,2,7-12H2,1H3;1H. The first-order valence-corrected chi connectivity index (χ1v) is 7.80. The van der Waals surface area contributed by atoms with Crippen molar-refractivity contribution in [1.29, 1.82) is 0 Å². The van der Waals surface area contributed by atoms with E-state index in [4.69, 9.17) is 11.6 Å². The van der Waals surface area contributed by atoms with E-state index in [1.54, 1.807) is 0 Å². The summed E-state index contributed by atoms with van der Waals surface area (Å²) >= 11 is 6.11. The van der Waals surface area contributed by atoms with E-state index in [0.29, 0.717) is 17.4 Å². The third kappa shape index (κ3) is 5.50. The van der Waals surface area contributed by atoms with E-state index in [1.807, 2.05) is 29.2 Å². The lowest BCUT2D eigenvalue weighted by atomic mass is 9.96. The van der Waals surface area contributed by atoms with Crippen molar-refractivity contribution < 1.29 is 4.79 Å². The molecule has 118 valence electrons. The molecule has 1 aliphatic heterocycles. The Morgan fingerprint density at radius 3 is 2.62 bits per heavy atom. The van der Waals surface area contributed by atoms with Gasteiger partial charge in [0.25, 0.3) is 0 Å². The van der Waals surface area contributed by atoms with Crippen molar-refractivity contribution in [3.8, 4) is 0 Å². The van der Waals surface area contributed by atoms with Crippen LogP contribution in [0, 0.1) is 5.92 Å². The largest absolute Gasteiger partial charge is 0.342 e. The summed E-state index contributed by atoms with van der Waals surface area (Å²) in [6.45, 7) is 5.97. The first kappa shape index (κ1) is 18.3. The van der Waals surface area contributed by atoms with Gasteiger partial charge in [0.15, 0.2) is 0 Å². The Morgan fingerprint density at radius 1 is 1.33 bits per heavy atom. The number of likely N-dealkylation sites (tertiary alicyclic amines) is 1. The number of hydrogen-bond donors (Lipinski definition) is 1. The zero-order chi connectivity index (χ0) is 14.4. The lowest BCUT2D eigenvalue weighted by molar-refractivity contribution is -0.131. The topological polar surface area (TPSA) is 32.3 Å². The maximum atomic E-state index is 12.3. The van der Waals surface area contributed by atoms with Crippen molar-refractivity contribution in [3.05, 3.63) is 34.9 Å². The molecule has 0 spiro atoms. The molecule has 3 nitrogen and oxygen atoms in total. The minimum atomic E-state index is 0. The van der Waals surface area contributed by atoms with Crippen molar-refractivity contribution in [2.24, 2.45) is 5.92 Å². The van der Waals surface area contributed by atoms with E-state index in [1.165, 1.54) is 0 Å². The third-order valence-corrected chi connectivity index (χ3v) is 4.32. The van der Waals surface area contributed by atoms with Gasteiger partial charge in [-0.3, -0.25) is 4.79 Å². The summed E-state index contributed by atoms with van der Waals surface area (Å²) in [6.07, 6.45) is 2.61. The quantitative estimate of drug-likeness (QED) is 0.899. The highest BCUT2D eigenvalue weighted by molar-refractivity contribution is 6.31. The van der Waals surface area contributed by atoms with E-state index in [0.717, 1.165) is 44.6 Å². The lowest BCUT2D eigenvalue weighted by Gasteiger charge is -2.32. The molecule has 1 aromatic carbocycles. The summed E-state index contributed by atoms with van der Waals surface area (Å²) in [5, 5.41) is 4.07. The molecule has 0 unspecified atom stereocenters. The number of nitrogens with one attached hydrogen (secondary N) is 1. The van der Waals surface area contributed by atoms with Crippen molar-refractivity contribution in [3.63, 3.8) is 0 Å². The normalized spacial score (nSPS) is 15.6. The Hall–Kier alpha value is -0.770. The van der Waals surface area contributed by atoms with Gasteiger partial charge in [0, 0.05) is 18.1 Å². The van der Waals surface area contributed by atoms with Crippen LogP contribution in [0.5, 0.6) is 0 Å². The van der Waals surface area contributed by atoms with Crippen LogP contribution in [-0.4, -0.2) is 37.0 Å². The van der Waals surface area contributed by atoms with Crippen molar-refractivity contribution in [2.45, 2.75) is 26.2 Å². The minimum absolute atomic E-state index is 0. The average molecular weight is 331 g/mol. The Balaban J connectivity index is 0.00000220. The smallest absolute Gasteiger partial charge is 0.227 e. The van der Waals surface area contributed by atoms with Crippen LogP contribution in [-0.2, 0) is 11.2 Å². The monoisotopic (exact) mass is 330 g/mol. The predicted molar refractivity (Wildman–Crippen MR) is 90.3 cm³/mol. The zero-order valence-corrected chi connectivity index (χ0v) is 14.1. The van der Waals surface area contributed by atoms with E-state index < -0.39 is 0 Å². The van der Waals surface area contributed by atoms with Gasteiger partial charge in [-0.15, -0.1) is 12.4 Å². The predicted octanol–water partition coefficient (Wildman–Crippen LogP) is 3.15. The highest BCUT2D eigenvalue weighted by Crippen LogP contribution is 2.20.